The van der Waals surface area contributed by atoms with E-state index >= 15 is 0 Å². The van der Waals surface area contributed by atoms with E-state index in [2.05, 4.69) is 31.9 Å². The van der Waals surface area contributed by atoms with E-state index in [9.17, 15) is 4.79 Å². The number of rotatable bonds is 3. The molecule has 0 saturated heterocycles. The van der Waals surface area contributed by atoms with Gasteiger partial charge in [0, 0.05) is 5.02 Å². The molecule has 0 amide bonds. The number of carboxylic acid groups (broad SMARTS) is 1. The lowest BCUT2D eigenvalue weighted by molar-refractivity contribution is -0.136. The molecule has 0 aromatic heterocycles. The van der Waals surface area contributed by atoms with Crippen molar-refractivity contribution in [1.82, 2.24) is 0 Å². The second-order valence-electron chi connectivity index (χ2n) is 2.69. The van der Waals surface area contributed by atoms with Gasteiger partial charge in [-0.15, -0.1) is 0 Å². The Labute approximate surface area is 104 Å². The molecule has 0 bridgehead atoms. The summed E-state index contributed by atoms with van der Waals surface area (Å²) in [4.78, 5) is 9.76. The Bertz CT molecular complexity index is 326. The topological polar surface area (TPSA) is 37.3 Å². The largest absolute Gasteiger partial charge is 0.480 e. The molecule has 0 heterocycles. The van der Waals surface area contributed by atoms with E-state index in [4.69, 9.17) is 16.7 Å². The van der Waals surface area contributed by atoms with Gasteiger partial charge in [0.05, 0.1) is 4.83 Å². The molecule has 0 saturated carbocycles. The Morgan fingerprint density at radius 2 is 1.79 bits per heavy atom. The third-order valence-electron chi connectivity index (χ3n) is 1.68. The highest BCUT2D eigenvalue weighted by atomic mass is 79.9. The zero-order chi connectivity index (χ0) is 10.7. The van der Waals surface area contributed by atoms with Crippen molar-refractivity contribution in [3.63, 3.8) is 0 Å². The van der Waals surface area contributed by atoms with Crippen molar-refractivity contribution in [2.75, 3.05) is 0 Å². The van der Waals surface area contributed by atoms with Crippen LogP contribution in [0, 0.1) is 0 Å². The molecule has 2 atom stereocenters. The molecule has 0 aliphatic carbocycles. The van der Waals surface area contributed by atoms with Crippen LogP contribution in [0.15, 0.2) is 24.3 Å². The molecule has 0 fully saturated rings. The average Bonchev–Trinajstić information content (AvgIpc) is 2.16. The summed E-state index contributed by atoms with van der Waals surface area (Å²) in [5.74, 6) is -0.901. The van der Waals surface area contributed by atoms with Crippen molar-refractivity contribution in [1.29, 1.82) is 0 Å². The van der Waals surface area contributed by atoms with E-state index < -0.39 is 10.8 Å². The van der Waals surface area contributed by atoms with Crippen molar-refractivity contribution in [3.05, 3.63) is 34.9 Å². The van der Waals surface area contributed by atoms with Crippen molar-refractivity contribution >= 4 is 49.4 Å². The van der Waals surface area contributed by atoms with E-state index in [-0.39, 0.29) is 4.83 Å². The second kappa shape index (κ2) is 5.14. The zero-order valence-corrected chi connectivity index (χ0v) is 10.9. The molecule has 2 nitrogen and oxygen atoms in total. The van der Waals surface area contributed by atoms with Gasteiger partial charge in [-0.05, 0) is 17.7 Å². The monoisotopic (exact) mass is 340 g/mol. The smallest absolute Gasteiger partial charge is 0.318 e. The number of halogens is 3. The van der Waals surface area contributed by atoms with Crippen LogP contribution in [0.5, 0.6) is 0 Å². The van der Waals surface area contributed by atoms with Crippen LogP contribution in [0.1, 0.15) is 10.4 Å². The van der Waals surface area contributed by atoms with Crippen LogP contribution >= 0.6 is 43.5 Å². The first-order valence-corrected chi connectivity index (χ1v) is 5.99. The van der Waals surface area contributed by atoms with Gasteiger partial charge in [-0.1, -0.05) is 55.6 Å². The molecule has 5 heteroatoms. The summed E-state index contributed by atoms with van der Waals surface area (Å²) in [7, 11) is 0. The standard InChI is InChI=1S/C9H7Br2ClO2/c10-7(8(11)9(13)14)5-1-3-6(12)4-2-5/h1-4,7-8H,(H,13,14)/t7-,8+/m1/s1. The molecule has 1 aromatic rings. The first-order chi connectivity index (χ1) is 6.52. The number of hydrogen-bond donors (Lipinski definition) is 1. The maximum atomic E-state index is 10.7. The Hall–Kier alpha value is -0.0600. The van der Waals surface area contributed by atoms with Gasteiger partial charge in [0.15, 0.2) is 0 Å². The zero-order valence-electron chi connectivity index (χ0n) is 6.95. The lowest BCUT2D eigenvalue weighted by Gasteiger charge is -2.12. The van der Waals surface area contributed by atoms with Gasteiger partial charge in [-0.25, -0.2) is 0 Å². The Morgan fingerprint density at radius 1 is 1.29 bits per heavy atom. The predicted molar refractivity (Wildman–Crippen MR) is 63.5 cm³/mol. The lowest BCUT2D eigenvalue weighted by Crippen LogP contribution is -2.17. The van der Waals surface area contributed by atoms with Gasteiger partial charge < -0.3 is 5.11 Å². The van der Waals surface area contributed by atoms with Crippen LogP contribution in [0.2, 0.25) is 5.02 Å². The van der Waals surface area contributed by atoms with Gasteiger partial charge in [0.1, 0.15) is 4.83 Å². The lowest BCUT2D eigenvalue weighted by atomic mass is 10.1. The number of carbonyl (C=O) groups is 1. The maximum absolute atomic E-state index is 10.7. The van der Waals surface area contributed by atoms with Crippen molar-refractivity contribution in [3.8, 4) is 0 Å². The fraction of sp³-hybridized carbons (Fsp3) is 0.222. The summed E-state index contributed by atoms with van der Waals surface area (Å²) in [5, 5.41) is 9.40. The minimum Gasteiger partial charge on any atom is -0.480 e. The minimum atomic E-state index is -0.901. The fourth-order valence-electron chi connectivity index (χ4n) is 0.941. The number of aliphatic carboxylic acids is 1. The number of benzene rings is 1. The van der Waals surface area contributed by atoms with Crippen LogP contribution in [0.3, 0.4) is 0 Å². The third kappa shape index (κ3) is 2.97. The van der Waals surface area contributed by atoms with Crippen LogP contribution in [-0.4, -0.2) is 15.9 Å². The Balaban J connectivity index is 2.84. The fourth-order valence-corrected chi connectivity index (χ4v) is 1.90. The van der Waals surface area contributed by atoms with Crippen molar-refractivity contribution in [2.45, 2.75) is 9.65 Å². The molecular formula is C9H7Br2ClO2. The van der Waals surface area contributed by atoms with E-state index in [1.807, 2.05) is 0 Å². The normalized spacial score (nSPS) is 14.8. The summed E-state index contributed by atoms with van der Waals surface area (Å²) >= 11 is 12.1. The quantitative estimate of drug-likeness (QED) is 0.852. The second-order valence-corrected chi connectivity index (χ2v) is 5.10. The predicted octanol–water partition coefficient (Wildman–Crippen LogP) is 3.62. The van der Waals surface area contributed by atoms with Crippen LogP contribution in [0.4, 0.5) is 0 Å². The molecule has 0 aliphatic rings. The van der Waals surface area contributed by atoms with E-state index in [0.717, 1.165) is 5.56 Å². The molecular weight excluding hydrogens is 335 g/mol. The summed E-state index contributed by atoms with van der Waals surface area (Å²) < 4.78 is 0. The van der Waals surface area contributed by atoms with Crippen molar-refractivity contribution < 1.29 is 9.90 Å². The SMILES string of the molecule is O=C(O)[C@@H](Br)[C@H](Br)c1ccc(Cl)cc1. The summed E-state index contributed by atoms with van der Waals surface area (Å²) in [6, 6.07) is 7.04. The molecule has 1 aromatic carbocycles. The Kier molecular flexibility index (Phi) is 4.41. The number of carboxylic acids is 1. The molecule has 76 valence electrons. The third-order valence-corrected chi connectivity index (χ3v) is 4.62. The molecule has 0 radical (unpaired) electrons. The van der Waals surface area contributed by atoms with E-state index in [0.29, 0.717) is 5.02 Å². The maximum Gasteiger partial charge on any atom is 0.318 e. The highest BCUT2D eigenvalue weighted by molar-refractivity contribution is 9.12. The van der Waals surface area contributed by atoms with Gasteiger partial charge >= 0.3 is 5.97 Å². The van der Waals surface area contributed by atoms with Gasteiger partial charge in [-0.3, -0.25) is 4.79 Å². The first-order valence-electron chi connectivity index (χ1n) is 3.79. The van der Waals surface area contributed by atoms with Gasteiger partial charge in [0.25, 0.3) is 0 Å². The van der Waals surface area contributed by atoms with E-state index in [1.54, 1.807) is 24.3 Å². The molecule has 0 aliphatic heterocycles. The average molecular weight is 342 g/mol. The van der Waals surface area contributed by atoms with Crippen molar-refractivity contribution in [2.24, 2.45) is 0 Å². The number of hydrogen-bond acceptors (Lipinski definition) is 1. The molecule has 1 N–H and O–H groups in total. The van der Waals surface area contributed by atoms with Gasteiger partial charge in [-0.2, -0.15) is 0 Å². The van der Waals surface area contributed by atoms with Crippen LogP contribution in [-0.2, 0) is 4.79 Å². The highest BCUT2D eigenvalue weighted by Crippen LogP contribution is 2.31. The molecule has 1 rings (SSSR count). The summed E-state index contributed by atoms with van der Waals surface area (Å²) in [5.41, 5.74) is 0.874. The van der Waals surface area contributed by atoms with Crippen LogP contribution < -0.4 is 0 Å². The summed E-state index contributed by atoms with van der Waals surface area (Å²) in [6.45, 7) is 0. The van der Waals surface area contributed by atoms with E-state index in [1.165, 1.54) is 0 Å². The first kappa shape index (κ1) is 12.0. The molecule has 0 unspecified atom stereocenters. The highest BCUT2D eigenvalue weighted by Gasteiger charge is 2.24. The Morgan fingerprint density at radius 3 is 2.21 bits per heavy atom. The van der Waals surface area contributed by atoms with Gasteiger partial charge in [0.2, 0.25) is 0 Å². The number of alkyl halides is 2. The summed E-state index contributed by atoms with van der Waals surface area (Å²) in [6.07, 6.45) is 0. The molecule has 14 heavy (non-hydrogen) atoms. The molecule has 0 spiro atoms. The minimum absolute atomic E-state index is 0.266. The van der Waals surface area contributed by atoms with Crippen LogP contribution in [0.25, 0.3) is 0 Å².